The van der Waals surface area contributed by atoms with E-state index in [1.54, 1.807) is 6.92 Å². The van der Waals surface area contributed by atoms with Crippen LogP contribution in [-0.2, 0) is 0 Å². The van der Waals surface area contributed by atoms with Crippen LogP contribution in [0.2, 0.25) is 0 Å². The standard InChI is InChI=1S/C16H22F2N2O/c1-10-3-6-13(7-4-10)20-16(21)19-11(2)12-5-8-14(17)15(18)9-12/h5,8-11,13H,3-4,6-7H2,1-2H3,(H2,19,20,21). The van der Waals surface area contributed by atoms with Gasteiger partial charge in [0.1, 0.15) is 0 Å². The van der Waals surface area contributed by atoms with Crippen LogP contribution >= 0.6 is 0 Å². The summed E-state index contributed by atoms with van der Waals surface area (Å²) in [5, 5.41) is 5.71. The van der Waals surface area contributed by atoms with Gasteiger partial charge in [-0.05, 0) is 56.2 Å². The normalized spacial score (nSPS) is 23.4. The molecule has 5 heteroatoms. The van der Waals surface area contributed by atoms with E-state index < -0.39 is 11.6 Å². The quantitative estimate of drug-likeness (QED) is 0.872. The summed E-state index contributed by atoms with van der Waals surface area (Å²) in [7, 11) is 0. The topological polar surface area (TPSA) is 41.1 Å². The number of hydrogen-bond acceptors (Lipinski definition) is 1. The highest BCUT2D eigenvalue weighted by Crippen LogP contribution is 2.23. The average Bonchev–Trinajstić information content (AvgIpc) is 2.44. The van der Waals surface area contributed by atoms with Crippen molar-refractivity contribution in [2.24, 2.45) is 5.92 Å². The number of halogens is 2. The first-order valence-electron chi connectivity index (χ1n) is 7.47. The Morgan fingerprint density at radius 1 is 1.19 bits per heavy atom. The molecule has 2 N–H and O–H groups in total. The highest BCUT2D eigenvalue weighted by molar-refractivity contribution is 5.74. The summed E-state index contributed by atoms with van der Waals surface area (Å²) in [6, 6.07) is 3.24. The van der Waals surface area contributed by atoms with Crippen LogP contribution in [0.5, 0.6) is 0 Å². The first-order chi connectivity index (χ1) is 9.95. The lowest BCUT2D eigenvalue weighted by Gasteiger charge is -2.27. The van der Waals surface area contributed by atoms with Gasteiger partial charge in [0.15, 0.2) is 11.6 Å². The van der Waals surface area contributed by atoms with Crippen LogP contribution in [0.15, 0.2) is 18.2 Å². The highest BCUT2D eigenvalue weighted by Gasteiger charge is 2.20. The molecule has 3 nitrogen and oxygen atoms in total. The smallest absolute Gasteiger partial charge is 0.315 e. The number of benzene rings is 1. The number of carbonyl (C=O) groups excluding carboxylic acids is 1. The van der Waals surface area contributed by atoms with Crippen LogP contribution in [0, 0.1) is 17.6 Å². The van der Waals surface area contributed by atoms with Crippen LogP contribution in [0.4, 0.5) is 13.6 Å². The molecule has 0 aromatic heterocycles. The molecule has 0 spiro atoms. The van der Waals surface area contributed by atoms with Gasteiger partial charge >= 0.3 is 6.03 Å². The fourth-order valence-electron chi connectivity index (χ4n) is 2.69. The summed E-state index contributed by atoms with van der Waals surface area (Å²) < 4.78 is 26.1. The van der Waals surface area contributed by atoms with Crippen molar-refractivity contribution >= 4 is 6.03 Å². The number of amides is 2. The van der Waals surface area contributed by atoms with Crippen molar-refractivity contribution in [3.63, 3.8) is 0 Å². The van der Waals surface area contributed by atoms with Crippen molar-refractivity contribution in [3.05, 3.63) is 35.4 Å². The van der Waals surface area contributed by atoms with E-state index in [2.05, 4.69) is 17.6 Å². The fourth-order valence-corrected chi connectivity index (χ4v) is 2.69. The van der Waals surface area contributed by atoms with Crippen molar-refractivity contribution in [1.82, 2.24) is 10.6 Å². The Balaban J connectivity index is 1.85. The van der Waals surface area contributed by atoms with Gasteiger partial charge in [0.25, 0.3) is 0 Å². The van der Waals surface area contributed by atoms with Gasteiger partial charge in [0.2, 0.25) is 0 Å². The second-order valence-corrected chi connectivity index (χ2v) is 5.97. The molecule has 21 heavy (non-hydrogen) atoms. The second-order valence-electron chi connectivity index (χ2n) is 5.97. The molecular weight excluding hydrogens is 274 g/mol. The molecule has 0 aliphatic heterocycles. The van der Waals surface area contributed by atoms with Gasteiger partial charge in [-0.15, -0.1) is 0 Å². The van der Waals surface area contributed by atoms with Crippen LogP contribution in [-0.4, -0.2) is 12.1 Å². The Bertz CT molecular complexity index is 499. The van der Waals surface area contributed by atoms with E-state index in [9.17, 15) is 13.6 Å². The first-order valence-corrected chi connectivity index (χ1v) is 7.47. The van der Waals surface area contributed by atoms with Crippen molar-refractivity contribution in [2.75, 3.05) is 0 Å². The van der Waals surface area contributed by atoms with Gasteiger partial charge < -0.3 is 10.6 Å². The minimum absolute atomic E-state index is 0.207. The molecule has 1 atom stereocenters. The number of carbonyl (C=O) groups is 1. The summed E-state index contributed by atoms with van der Waals surface area (Å²) in [5.41, 5.74) is 0.543. The maximum absolute atomic E-state index is 13.2. The minimum atomic E-state index is -0.900. The third-order valence-electron chi connectivity index (χ3n) is 4.14. The van der Waals surface area contributed by atoms with Gasteiger partial charge in [-0.2, -0.15) is 0 Å². The molecule has 1 unspecified atom stereocenters. The summed E-state index contributed by atoms with van der Waals surface area (Å²) >= 11 is 0. The first kappa shape index (κ1) is 15.7. The molecule has 0 radical (unpaired) electrons. The van der Waals surface area contributed by atoms with E-state index in [0.29, 0.717) is 5.56 Å². The van der Waals surface area contributed by atoms with E-state index in [-0.39, 0.29) is 18.1 Å². The molecule has 116 valence electrons. The van der Waals surface area contributed by atoms with Gasteiger partial charge in [0.05, 0.1) is 6.04 Å². The van der Waals surface area contributed by atoms with Gasteiger partial charge in [-0.1, -0.05) is 13.0 Å². The number of urea groups is 1. The molecule has 2 rings (SSSR count). The van der Waals surface area contributed by atoms with Crippen LogP contribution in [0.25, 0.3) is 0 Å². The van der Waals surface area contributed by atoms with Crippen LogP contribution in [0.1, 0.15) is 51.1 Å². The molecular formula is C16H22F2N2O. The van der Waals surface area contributed by atoms with E-state index in [0.717, 1.165) is 43.7 Å². The predicted molar refractivity (Wildman–Crippen MR) is 77.9 cm³/mol. The third-order valence-corrected chi connectivity index (χ3v) is 4.14. The fraction of sp³-hybridized carbons (Fsp3) is 0.562. The highest BCUT2D eigenvalue weighted by atomic mass is 19.2. The maximum atomic E-state index is 13.2. The molecule has 0 bridgehead atoms. The Morgan fingerprint density at radius 2 is 1.86 bits per heavy atom. The Hall–Kier alpha value is -1.65. The number of hydrogen-bond donors (Lipinski definition) is 2. The van der Waals surface area contributed by atoms with E-state index in [4.69, 9.17) is 0 Å². The van der Waals surface area contributed by atoms with Crippen molar-refractivity contribution in [1.29, 1.82) is 0 Å². The van der Waals surface area contributed by atoms with Crippen molar-refractivity contribution in [2.45, 2.75) is 51.6 Å². The Labute approximate surface area is 124 Å². The molecule has 0 heterocycles. The van der Waals surface area contributed by atoms with Crippen LogP contribution in [0.3, 0.4) is 0 Å². The minimum Gasteiger partial charge on any atom is -0.335 e. The molecule has 2 amide bonds. The molecule has 1 aromatic carbocycles. The molecule has 0 saturated heterocycles. The van der Waals surface area contributed by atoms with Crippen LogP contribution < -0.4 is 10.6 Å². The Morgan fingerprint density at radius 3 is 2.48 bits per heavy atom. The third kappa shape index (κ3) is 4.41. The largest absolute Gasteiger partial charge is 0.335 e. The van der Waals surface area contributed by atoms with Crippen molar-refractivity contribution in [3.8, 4) is 0 Å². The zero-order valence-corrected chi connectivity index (χ0v) is 12.5. The van der Waals surface area contributed by atoms with E-state index >= 15 is 0 Å². The predicted octanol–water partition coefficient (Wildman–Crippen LogP) is 3.90. The second kappa shape index (κ2) is 6.87. The summed E-state index contributed by atoms with van der Waals surface area (Å²) in [6.07, 6.45) is 4.25. The number of nitrogens with one attached hydrogen (secondary N) is 2. The summed E-state index contributed by atoms with van der Waals surface area (Å²) in [4.78, 5) is 11.9. The van der Waals surface area contributed by atoms with Crippen molar-refractivity contribution < 1.29 is 13.6 Å². The average molecular weight is 296 g/mol. The Kier molecular flexibility index (Phi) is 5.15. The lowest BCUT2D eigenvalue weighted by molar-refractivity contribution is 0.225. The van der Waals surface area contributed by atoms with E-state index in [1.165, 1.54) is 6.07 Å². The lowest BCUT2D eigenvalue weighted by Crippen LogP contribution is -2.44. The molecule has 1 saturated carbocycles. The SMILES string of the molecule is CC1CCC(NC(=O)NC(C)c2ccc(F)c(F)c2)CC1. The molecule has 1 aliphatic rings. The molecule has 1 aromatic rings. The zero-order valence-electron chi connectivity index (χ0n) is 12.5. The maximum Gasteiger partial charge on any atom is 0.315 e. The summed E-state index contributed by atoms with van der Waals surface area (Å²) in [5.74, 6) is -1.05. The van der Waals surface area contributed by atoms with Gasteiger partial charge in [0, 0.05) is 6.04 Å². The lowest BCUT2D eigenvalue weighted by atomic mass is 9.87. The molecule has 1 fully saturated rings. The monoisotopic (exact) mass is 296 g/mol. The van der Waals surface area contributed by atoms with Gasteiger partial charge in [-0.3, -0.25) is 0 Å². The number of rotatable bonds is 3. The molecule has 1 aliphatic carbocycles. The van der Waals surface area contributed by atoms with E-state index in [1.807, 2.05) is 0 Å². The summed E-state index contributed by atoms with van der Waals surface area (Å²) in [6.45, 7) is 3.97. The van der Waals surface area contributed by atoms with Gasteiger partial charge in [-0.25, -0.2) is 13.6 Å². The zero-order chi connectivity index (χ0) is 15.4.